The van der Waals surface area contributed by atoms with E-state index in [0.29, 0.717) is 30.4 Å². The zero-order valence-electron chi connectivity index (χ0n) is 17.9. The lowest BCUT2D eigenvalue weighted by Crippen LogP contribution is -2.29. The summed E-state index contributed by atoms with van der Waals surface area (Å²) in [5.74, 6) is 0.841. The van der Waals surface area contributed by atoms with Gasteiger partial charge in [-0.15, -0.1) is 0 Å². The Bertz CT molecular complexity index is 1110. The number of fused-ring (bicyclic) bond motifs is 1. The van der Waals surface area contributed by atoms with Gasteiger partial charge in [-0.05, 0) is 59.2 Å². The average molecular weight is 498 g/mol. The number of esters is 1. The van der Waals surface area contributed by atoms with Gasteiger partial charge in [-0.1, -0.05) is 58.6 Å². The Hall–Kier alpha value is -3.20. The van der Waals surface area contributed by atoms with Crippen LogP contribution in [0.15, 0.2) is 64.3 Å². The SMILES string of the molecule is CCCCOC(=O)C1=C(C)Nc2nnnn2C1c1ccc(OCc2ccc(Br)cc2)cc1. The number of carbonyl (C=O) groups excluding carboxylic acids is 1. The van der Waals surface area contributed by atoms with Gasteiger partial charge in [0.2, 0.25) is 5.95 Å². The van der Waals surface area contributed by atoms with E-state index in [4.69, 9.17) is 9.47 Å². The normalized spacial score (nSPS) is 15.2. The molecule has 0 aliphatic carbocycles. The van der Waals surface area contributed by atoms with Crippen LogP contribution in [0.4, 0.5) is 5.95 Å². The van der Waals surface area contributed by atoms with Gasteiger partial charge in [0.1, 0.15) is 18.4 Å². The molecule has 0 saturated heterocycles. The molecule has 9 heteroatoms. The molecule has 1 atom stereocenters. The number of hydrogen-bond acceptors (Lipinski definition) is 7. The minimum Gasteiger partial charge on any atom is -0.489 e. The minimum absolute atomic E-state index is 0.370. The first kappa shape index (κ1) is 22.0. The molecule has 2 aromatic carbocycles. The standard InChI is InChI=1S/C23H24BrN5O3/c1-3-4-13-31-22(30)20-15(2)25-23-26-27-28-29(23)21(20)17-7-11-19(12-8-17)32-14-16-5-9-18(24)10-6-16/h5-12,21H,3-4,13-14H2,1-2H3,(H,25,26,28). The van der Waals surface area contributed by atoms with E-state index in [-0.39, 0.29) is 5.97 Å². The van der Waals surface area contributed by atoms with Gasteiger partial charge in [0, 0.05) is 10.2 Å². The molecule has 3 aromatic rings. The maximum Gasteiger partial charge on any atom is 0.338 e. The van der Waals surface area contributed by atoms with Crippen molar-refractivity contribution in [3.8, 4) is 5.75 Å². The number of allylic oxidation sites excluding steroid dienone is 1. The van der Waals surface area contributed by atoms with Gasteiger partial charge in [0.25, 0.3) is 0 Å². The molecule has 0 spiro atoms. The largest absolute Gasteiger partial charge is 0.489 e. The van der Waals surface area contributed by atoms with Crippen LogP contribution >= 0.6 is 15.9 Å². The molecule has 0 bridgehead atoms. The fourth-order valence-electron chi connectivity index (χ4n) is 3.47. The number of halogens is 1. The summed E-state index contributed by atoms with van der Waals surface area (Å²) in [6.45, 7) is 4.73. The zero-order valence-corrected chi connectivity index (χ0v) is 19.5. The van der Waals surface area contributed by atoms with Crippen molar-refractivity contribution in [2.24, 2.45) is 0 Å². The molecular formula is C23H24BrN5O3. The Labute approximate surface area is 194 Å². The molecule has 1 N–H and O–H groups in total. The van der Waals surface area contributed by atoms with E-state index in [9.17, 15) is 4.79 Å². The van der Waals surface area contributed by atoms with Crippen molar-refractivity contribution in [3.63, 3.8) is 0 Å². The van der Waals surface area contributed by atoms with Crippen molar-refractivity contribution >= 4 is 27.8 Å². The fourth-order valence-corrected chi connectivity index (χ4v) is 3.73. The number of nitrogens with one attached hydrogen (secondary N) is 1. The highest BCUT2D eigenvalue weighted by Crippen LogP contribution is 2.35. The first-order valence-electron chi connectivity index (χ1n) is 10.5. The van der Waals surface area contributed by atoms with Crippen LogP contribution in [-0.2, 0) is 16.1 Å². The van der Waals surface area contributed by atoms with E-state index in [1.807, 2.05) is 55.5 Å². The van der Waals surface area contributed by atoms with Crippen molar-refractivity contribution in [1.29, 1.82) is 0 Å². The van der Waals surface area contributed by atoms with E-state index in [1.54, 1.807) is 4.68 Å². The molecule has 0 saturated carbocycles. The summed E-state index contributed by atoms with van der Waals surface area (Å²) in [7, 11) is 0. The highest BCUT2D eigenvalue weighted by molar-refractivity contribution is 9.10. The van der Waals surface area contributed by atoms with E-state index < -0.39 is 6.04 Å². The quantitative estimate of drug-likeness (QED) is 0.357. The van der Waals surface area contributed by atoms with Gasteiger partial charge >= 0.3 is 5.97 Å². The lowest BCUT2D eigenvalue weighted by Gasteiger charge is -2.27. The molecular weight excluding hydrogens is 474 g/mol. The first-order valence-corrected chi connectivity index (χ1v) is 11.3. The molecule has 1 unspecified atom stereocenters. The number of nitrogens with zero attached hydrogens (tertiary/aromatic N) is 4. The molecule has 2 heterocycles. The molecule has 1 aromatic heterocycles. The van der Waals surface area contributed by atoms with Crippen LogP contribution < -0.4 is 10.1 Å². The average Bonchev–Trinajstić information content (AvgIpc) is 3.26. The van der Waals surface area contributed by atoms with Crippen molar-refractivity contribution in [2.75, 3.05) is 11.9 Å². The zero-order chi connectivity index (χ0) is 22.5. The predicted octanol–water partition coefficient (Wildman–Crippen LogP) is 4.65. The fraction of sp³-hybridized carbons (Fsp3) is 0.304. The third-order valence-corrected chi connectivity index (χ3v) is 5.71. The number of unbranched alkanes of at least 4 members (excludes halogenated alkanes) is 1. The van der Waals surface area contributed by atoms with Crippen LogP contribution in [0.3, 0.4) is 0 Å². The summed E-state index contributed by atoms with van der Waals surface area (Å²) in [5.41, 5.74) is 3.10. The summed E-state index contributed by atoms with van der Waals surface area (Å²) in [5, 5.41) is 15.0. The molecule has 8 nitrogen and oxygen atoms in total. The summed E-state index contributed by atoms with van der Waals surface area (Å²) in [6, 6.07) is 15.1. The van der Waals surface area contributed by atoms with E-state index >= 15 is 0 Å². The van der Waals surface area contributed by atoms with Crippen molar-refractivity contribution in [3.05, 3.63) is 75.4 Å². The lowest BCUT2D eigenvalue weighted by molar-refractivity contribution is -0.139. The number of benzene rings is 2. The van der Waals surface area contributed by atoms with Gasteiger partial charge in [0.05, 0.1) is 12.2 Å². The molecule has 0 amide bonds. The number of rotatable bonds is 8. The second kappa shape index (κ2) is 9.95. The van der Waals surface area contributed by atoms with Crippen LogP contribution in [0.2, 0.25) is 0 Å². The summed E-state index contributed by atoms with van der Waals surface area (Å²) >= 11 is 3.43. The Morgan fingerprint density at radius 2 is 1.91 bits per heavy atom. The van der Waals surface area contributed by atoms with E-state index in [1.165, 1.54) is 0 Å². The topological polar surface area (TPSA) is 91.2 Å². The Morgan fingerprint density at radius 3 is 2.62 bits per heavy atom. The molecule has 0 radical (unpaired) electrons. The monoisotopic (exact) mass is 497 g/mol. The highest BCUT2D eigenvalue weighted by Gasteiger charge is 2.34. The Balaban J connectivity index is 1.55. The molecule has 166 valence electrons. The third kappa shape index (κ3) is 4.83. The lowest BCUT2D eigenvalue weighted by atomic mass is 9.96. The van der Waals surface area contributed by atoms with Gasteiger partial charge in [-0.3, -0.25) is 0 Å². The van der Waals surface area contributed by atoms with Gasteiger partial charge in [0.15, 0.2) is 0 Å². The predicted molar refractivity (Wildman–Crippen MR) is 123 cm³/mol. The van der Waals surface area contributed by atoms with E-state index in [2.05, 4.69) is 43.7 Å². The van der Waals surface area contributed by atoms with Crippen LogP contribution in [0.1, 0.15) is 43.9 Å². The smallest absolute Gasteiger partial charge is 0.338 e. The maximum atomic E-state index is 12.9. The summed E-state index contributed by atoms with van der Waals surface area (Å²) in [4.78, 5) is 12.9. The summed E-state index contributed by atoms with van der Waals surface area (Å²) in [6.07, 6.45) is 1.77. The number of hydrogen-bond donors (Lipinski definition) is 1. The third-order valence-electron chi connectivity index (χ3n) is 5.18. The van der Waals surface area contributed by atoms with Gasteiger partial charge < -0.3 is 14.8 Å². The van der Waals surface area contributed by atoms with Crippen molar-refractivity contribution in [2.45, 2.75) is 39.3 Å². The molecule has 0 fully saturated rings. The maximum absolute atomic E-state index is 12.9. The van der Waals surface area contributed by atoms with Crippen LogP contribution in [0.5, 0.6) is 5.75 Å². The second-order valence-corrected chi connectivity index (χ2v) is 8.40. The molecule has 1 aliphatic rings. The minimum atomic E-state index is -0.490. The van der Waals surface area contributed by atoms with Crippen LogP contribution in [0, 0.1) is 0 Å². The number of ether oxygens (including phenoxy) is 2. The number of tetrazole rings is 1. The Kier molecular flexibility index (Phi) is 6.84. The number of carbonyl (C=O) groups is 1. The second-order valence-electron chi connectivity index (χ2n) is 7.49. The molecule has 32 heavy (non-hydrogen) atoms. The van der Waals surface area contributed by atoms with Crippen LogP contribution in [-0.4, -0.2) is 32.8 Å². The van der Waals surface area contributed by atoms with E-state index in [0.717, 1.165) is 34.2 Å². The molecule has 1 aliphatic heterocycles. The van der Waals surface area contributed by atoms with Crippen molar-refractivity contribution in [1.82, 2.24) is 20.2 Å². The Morgan fingerprint density at radius 1 is 1.16 bits per heavy atom. The summed E-state index contributed by atoms with van der Waals surface area (Å²) < 4.78 is 14.0. The van der Waals surface area contributed by atoms with Crippen molar-refractivity contribution < 1.29 is 14.3 Å². The molecule has 4 rings (SSSR count). The van der Waals surface area contributed by atoms with Gasteiger partial charge in [-0.2, -0.15) is 4.68 Å². The number of anilines is 1. The number of aromatic nitrogens is 4. The van der Waals surface area contributed by atoms with Crippen LogP contribution in [0.25, 0.3) is 0 Å². The highest BCUT2D eigenvalue weighted by atomic mass is 79.9. The first-order chi connectivity index (χ1) is 15.6. The van der Waals surface area contributed by atoms with Gasteiger partial charge in [-0.25, -0.2) is 4.79 Å².